The fourth-order valence-electron chi connectivity index (χ4n) is 5.30. The molecule has 38 heavy (non-hydrogen) atoms. The van der Waals surface area contributed by atoms with Gasteiger partial charge in [-0.25, -0.2) is 0 Å². The van der Waals surface area contributed by atoms with Gasteiger partial charge in [0.1, 0.15) is 12.4 Å². The van der Waals surface area contributed by atoms with Crippen LogP contribution in [0, 0.1) is 5.41 Å². The summed E-state index contributed by atoms with van der Waals surface area (Å²) in [5.74, 6) is -0.745. The monoisotopic (exact) mass is 516 g/mol. The second-order valence-electron chi connectivity index (χ2n) is 11.1. The van der Waals surface area contributed by atoms with E-state index in [-0.39, 0.29) is 11.8 Å². The van der Waals surface area contributed by atoms with Crippen LogP contribution in [0.25, 0.3) is 11.1 Å². The van der Waals surface area contributed by atoms with Crippen molar-refractivity contribution in [3.05, 3.63) is 89.0 Å². The van der Waals surface area contributed by atoms with Crippen LogP contribution >= 0.6 is 0 Å². The van der Waals surface area contributed by atoms with Gasteiger partial charge in [-0.15, -0.1) is 0 Å². The van der Waals surface area contributed by atoms with Crippen LogP contribution in [0.2, 0.25) is 0 Å². The molecule has 5 nitrogen and oxygen atoms in total. The fraction of sp³-hybridized carbons (Fsp3) is 0.424. The maximum atomic E-state index is 10.9. The number of carbonyl (C=O) groups is 1. The van der Waals surface area contributed by atoms with E-state index in [4.69, 9.17) is 19.3 Å². The molecule has 1 aliphatic rings. The molecule has 1 saturated heterocycles. The van der Waals surface area contributed by atoms with E-state index in [2.05, 4.69) is 63.2 Å². The Morgan fingerprint density at radius 1 is 1.00 bits per heavy atom. The van der Waals surface area contributed by atoms with Crippen LogP contribution in [0.1, 0.15) is 69.2 Å². The summed E-state index contributed by atoms with van der Waals surface area (Å²) in [6.45, 7) is 10.6. The number of aliphatic carboxylic acids is 1. The lowest BCUT2D eigenvalue weighted by atomic mass is 9.79. The zero-order valence-corrected chi connectivity index (χ0v) is 23.1. The van der Waals surface area contributed by atoms with Crippen LogP contribution in [0.4, 0.5) is 0 Å². The lowest BCUT2D eigenvalue weighted by Gasteiger charge is -2.27. The summed E-state index contributed by atoms with van der Waals surface area (Å²) >= 11 is 0. The Hall–Kier alpha value is -3.15. The first kappa shape index (κ1) is 27.9. The second-order valence-corrected chi connectivity index (χ2v) is 11.1. The number of aryl methyl sites for hydroxylation is 1. The molecule has 0 radical (unpaired) electrons. The van der Waals surface area contributed by atoms with Crippen LogP contribution in [0.5, 0.6) is 5.75 Å². The second kappa shape index (κ2) is 12.1. The predicted octanol–water partition coefficient (Wildman–Crippen LogP) is 7.54. The third-order valence-corrected chi connectivity index (χ3v) is 7.23. The normalized spacial score (nSPS) is 14.9. The fourth-order valence-corrected chi connectivity index (χ4v) is 5.30. The highest BCUT2D eigenvalue weighted by Gasteiger charge is 2.33. The van der Waals surface area contributed by atoms with Crippen molar-refractivity contribution in [2.45, 2.75) is 72.2 Å². The van der Waals surface area contributed by atoms with Crippen LogP contribution in [0.15, 0.2) is 66.7 Å². The van der Waals surface area contributed by atoms with E-state index in [0.717, 1.165) is 47.3 Å². The molecule has 0 aromatic heterocycles. The Morgan fingerprint density at radius 2 is 1.76 bits per heavy atom. The Balaban J connectivity index is 1.59. The third kappa shape index (κ3) is 7.24. The minimum atomic E-state index is -0.794. The summed E-state index contributed by atoms with van der Waals surface area (Å²) in [6, 6.07) is 22.8. The molecule has 1 heterocycles. The average molecular weight is 517 g/mol. The molecule has 0 amide bonds. The Bertz CT molecular complexity index is 1240. The molecule has 0 spiro atoms. The van der Waals surface area contributed by atoms with Crippen molar-refractivity contribution in [2.75, 3.05) is 13.2 Å². The van der Waals surface area contributed by atoms with Gasteiger partial charge >= 0.3 is 5.97 Å². The summed E-state index contributed by atoms with van der Waals surface area (Å²) in [5, 5.41) is 8.98. The van der Waals surface area contributed by atoms with E-state index in [1.54, 1.807) is 0 Å². The number of carboxylic acid groups (broad SMARTS) is 1. The summed E-state index contributed by atoms with van der Waals surface area (Å²) in [7, 11) is 0. The number of hydrogen-bond donors (Lipinski definition) is 1. The number of ether oxygens (including phenoxy) is 3. The number of hydrogen-bond acceptors (Lipinski definition) is 4. The van der Waals surface area contributed by atoms with E-state index >= 15 is 0 Å². The lowest BCUT2D eigenvalue weighted by molar-refractivity contribution is -0.149. The molecule has 0 saturated carbocycles. The molecule has 3 aromatic rings. The molecule has 1 N–H and O–H groups in total. The average Bonchev–Trinajstić information content (AvgIpc) is 3.34. The van der Waals surface area contributed by atoms with Gasteiger partial charge in [0, 0.05) is 12.0 Å². The highest BCUT2D eigenvalue weighted by Crippen LogP contribution is 2.37. The maximum Gasteiger partial charge on any atom is 0.303 e. The van der Waals surface area contributed by atoms with Gasteiger partial charge in [0.2, 0.25) is 0 Å². The molecule has 0 atom stereocenters. The van der Waals surface area contributed by atoms with Gasteiger partial charge in [-0.3, -0.25) is 4.79 Å². The first-order valence-corrected chi connectivity index (χ1v) is 13.6. The molecular formula is C33H40O5. The van der Waals surface area contributed by atoms with Gasteiger partial charge in [0.15, 0.2) is 5.79 Å². The summed E-state index contributed by atoms with van der Waals surface area (Å²) in [6.07, 6.45) is 3.86. The van der Waals surface area contributed by atoms with Crippen molar-refractivity contribution in [2.24, 2.45) is 5.41 Å². The van der Waals surface area contributed by atoms with Gasteiger partial charge < -0.3 is 19.3 Å². The molecule has 5 heteroatoms. The third-order valence-electron chi connectivity index (χ3n) is 7.23. The van der Waals surface area contributed by atoms with Gasteiger partial charge in [0.05, 0.1) is 13.2 Å². The molecule has 0 aliphatic carbocycles. The van der Waals surface area contributed by atoms with E-state index < -0.39 is 11.8 Å². The molecule has 3 aromatic carbocycles. The number of benzene rings is 3. The van der Waals surface area contributed by atoms with E-state index in [0.29, 0.717) is 26.2 Å². The zero-order valence-electron chi connectivity index (χ0n) is 23.1. The van der Waals surface area contributed by atoms with E-state index in [1.807, 2.05) is 31.2 Å². The van der Waals surface area contributed by atoms with Crippen LogP contribution in [0.3, 0.4) is 0 Å². The predicted molar refractivity (Wildman–Crippen MR) is 150 cm³/mol. The largest absolute Gasteiger partial charge is 0.489 e. The lowest BCUT2D eigenvalue weighted by Crippen LogP contribution is -2.22. The highest BCUT2D eigenvalue weighted by atomic mass is 16.7. The van der Waals surface area contributed by atoms with Crippen molar-refractivity contribution in [1.82, 2.24) is 0 Å². The van der Waals surface area contributed by atoms with E-state index in [9.17, 15) is 4.79 Å². The van der Waals surface area contributed by atoms with Gasteiger partial charge in [-0.1, -0.05) is 75.7 Å². The number of rotatable bonds is 12. The molecular weight excluding hydrogens is 476 g/mol. The molecule has 0 unspecified atom stereocenters. The highest BCUT2D eigenvalue weighted by molar-refractivity contribution is 5.69. The first-order valence-electron chi connectivity index (χ1n) is 13.6. The number of carboxylic acids is 1. The van der Waals surface area contributed by atoms with Crippen LogP contribution < -0.4 is 4.74 Å². The van der Waals surface area contributed by atoms with Crippen molar-refractivity contribution in [3.8, 4) is 16.9 Å². The van der Waals surface area contributed by atoms with Crippen molar-refractivity contribution >= 4 is 5.97 Å². The first-order chi connectivity index (χ1) is 18.2. The minimum absolute atomic E-state index is 0.112. The van der Waals surface area contributed by atoms with E-state index in [1.165, 1.54) is 11.1 Å². The Kier molecular flexibility index (Phi) is 8.91. The molecule has 1 aliphatic heterocycles. The molecule has 1 fully saturated rings. The summed E-state index contributed by atoms with van der Waals surface area (Å²) < 4.78 is 18.0. The maximum absolute atomic E-state index is 10.9. The van der Waals surface area contributed by atoms with Crippen LogP contribution in [-0.4, -0.2) is 24.3 Å². The topological polar surface area (TPSA) is 65.0 Å². The molecule has 4 rings (SSSR count). The van der Waals surface area contributed by atoms with Gasteiger partial charge in [-0.05, 0) is 77.6 Å². The Morgan fingerprint density at radius 3 is 2.50 bits per heavy atom. The Labute approximate surface area is 226 Å². The summed E-state index contributed by atoms with van der Waals surface area (Å²) in [4.78, 5) is 10.9. The van der Waals surface area contributed by atoms with Crippen molar-refractivity contribution in [1.29, 1.82) is 0 Å². The molecule has 0 bridgehead atoms. The zero-order chi connectivity index (χ0) is 27.2. The van der Waals surface area contributed by atoms with Gasteiger partial charge in [0.25, 0.3) is 0 Å². The smallest absolute Gasteiger partial charge is 0.303 e. The van der Waals surface area contributed by atoms with Crippen molar-refractivity contribution in [3.63, 3.8) is 0 Å². The van der Waals surface area contributed by atoms with Crippen molar-refractivity contribution < 1.29 is 24.1 Å². The summed E-state index contributed by atoms with van der Waals surface area (Å²) in [5.41, 5.74) is 6.95. The minimum Gasteiger partial charge on any atom is -0.489 e. The molecule has 202 valence electrons. The quantitative estimate of drug-likeness (QED) is 0.269. The van der Waals surface area contributed by atoms with Gasteiger partial charge in [-0.2, -0.15) is 0 Å². The van der Waals surface area contributed by atoms with Crippen LogP contribution in [-0.2, 0) is 39.5 Å². The standard InChI is InChI=1S/C33H40O5/c1-5-16-32(2,3)22-27-19-25(23-36-29-11-6-8-24(20-29)13-15-31(34)35)12-14-30(27)26-9-7-10-28(21-26)33(4)37-17-18-38-33/h6-12,14,19-21H,5,13,15-18,22-23H2,1-4H3,(H,34,35). The SMILES string of the molecule is CCCC(C)(C)Cc1cc(COc2cccc(CCC(=O)O)c2)ccc1-c1cccc(C2(C)OCCO2)c1.